The Labute approximate surface area is 177 Å². The highest BCUT2D eigenvalue weighted by Gasteiger charge is 2.28. The lowest BCUT2D eigenvalue weighted by Crippen LogP contribution is -2.50. The highest BCUT2D eigenvalue weighted by atomic mass is 32.2. The van der Waals surface area contributed by atoms with Gasteiger partial charge in [0.05, 0.1) is 12.9 Å². The topological polar surface area (TPSA) is 58.6 Å². The Hall–Kier alpha value is -2.47. The number of nitrogens with zero attached hydrogens (tertiary/aromatic N) is 1. The van der Waals surface area contributed by atoms with Gasteiger partial charge in [-0.3, -0.25) is 9.59 Å². The molecule has 0 saturated carbocycles. The molecule has 0 fully saturated rings. The van der Waals surface area contributed by atoms with E-state index in [1.807, 2.05) is 75.4 Å². The number of methoxy groups -OCH3 is 1. The van der Waals surface area contributed by atoms with E-state index in [1.165, 1.54) is 11.8 Å². The molecule has 0 bridgehead atoms. The molecule has 6 heteroatoms. The van der Waals surface area contributed by atoms with E-state index in [4.69, 9.17) is 4.74 Å². The lowest BCUT2D eigenvalue weighted by molar-refractivity contribution is -0.139. The van der Waals surface area contributed by atoms with Crippen LogP contribution >= 0.6 is 11.8 Å². The van der Waals surface area contributed by atoms with Crippen molar-refractivity contribution in [1.29, 1.82) is 0 Å². The van der Waals surface area contributed by atoms with Crippen LogP contribution in [0.15, 0.2) is 59.5 Å². The van der Waals surface area contributed by atoms with Gasteiger partial charge in [0.25, 0.3) is 0 Å². The number of hydrogen-bond acceptors (Lipinski definition) is 4. The molecule has 0 spiro atoms. The average molecular weight is 415 g/mol. The third kappa shape index (κ3) is 7.13. The van der Waals surface area contributed by atoms with Crippen LogP contribution in [0, 0.1) is 0 Å². The van der Waals surface area contributed by atoms with E-state index < -0.39 is 6.04 Å². The second kappa shape index (κ2) is 11.5. The normalized spacial score (nSPS) is 11.8. The molecule has 0 aliphatic rings. The van der Waals surface area contributed by atoms with Crippen molar-refractivity contribution in [3.8, 4) is 5.75 Å². The maximum absolute atomic E-state index is 13.1. The Bertz CT molecular complexity index is 778. The van der Waals surface area contributed by atoms with Gasteiger partial charge in [0.15, 0.2) is 0 Å². The largest absolute Gasteiger partial charge is 0.497 e. The standard InChI is InChI=1S/C23H30N2O3S/c1-5-21(23(27)24-17(2)3)25(15-18-11-13-19(28-4)14-12-18)22(26)16-29-20-9-7-6-8-10-20/h6-14,17,21H,5,15-16H2,1-4H3,(H,24,27)/t21-/m1/s1. The van der Waals surface area contributed by atoms with Gasteiger partial charge in [-0.05, 0) is 50.1 Å². The summed E-state index contributed by atoms with van der Waals surface area (Å²) in [7, 11) is 1.62. The maximum Gasteiger partial charge on any atom is 0.243 e. The SMILES string of the molecule is CC[C@H](C(=O)NC(C)C)N(Cc1ccc(OC)cc1)C(=O)CSc1ccccc1. The molecule has 156 valence electrons. The lowest BCUT2D eigenvalue weighted by Gasteiger charge is -2.31. The highest BCUT2D eigenvalue weighted by Crippen LogP contribution is 2.21. The molecule has 0 heterocycles. The summed E-state index contributed by atoms with van der Waals surface area (Å²) in [5.74, 6) is 0.872. The molecule has 2 aromatic carbocycles. The minimum Gasteiger partial charge on any atom is -0.497 e. The summed E-state index contributed by atoms with van der Waals surface area (Å²) in [5.41, 5.74) is 0.958. The fourth-order valence-corrected chi connectivity index (χ4v) is 3.78. The molecule has 0 unspecified atom stereocenters. The molecule has 0 radical (unpaired) electrons. The first-order valence-corrected chi connectivity index (χ1v) is 10.8. The predicted octanol–water partition coefficient (Wildman–Crippen LogP) is 4.12. The number of nitrogens with one attached hydrogen (secondary N) is 1. The number of carbonyl (C=O) groups excluding carboxylic acids is 2. The number of ether oxygens (including phenoxy) is 1. The van der Waals surface area contributed by atoms with E-state index in [0.717, 1.165) is 16.2 Å². The number of hydrogen-bond donors (Lipinski definition) is 1. The summed E-state index contributed by atoms with van der Waals surface area (Å²) in [6, 6.07) is 16.9. The zero-order valence-electron chi connectivity index (χ0n) is 17.6. The van der Waals surface area contributed by atoms with Crippen molar-refractivity contribution in [2.24, 2.45) is 0 Å². The number of thioether (sulfide) groups is 1. The second-order valence-electron chi connectivity index (χ2n) is 7.06. The smallest absolute Gasteiger partial charge is 0.243 e. The van der Waals surface area contributed by atoms with E-state index in [2.05, 4.69) is 5.32 Å². The lowest BCUT2D eigenvalue weighted by atomic mass is 10.1. The molecule has 2 amide bonds. The second-order valence-corrected chi connectivity index (χ2v) is 8.11. The number of rotatable bonds is 10. The zero-order valence-corrected chi connectivity index (χ0v) is 18.4. The molecule has 0 saturated heterocycles. The molecule has 1 atom stereocenters. The van der Waals surface area contributed by atoms with Crippen LogP contribution in [0.2, 0.25) is 0 Å². The minimum absolute atomic E-state index is 0.0215. The van der Waals surface area contributed by atoms with Gasteiger partial charge in [0.1, 0.15) is 11.8 Å². The fourth-order valence-electron chi connectivity index (χ4n) is 2.97. The van der Waals surface area contributed by atoms with Crippen LogP contribution in [-0.4, -0.2) is 41.7 Å². The van der Waals surface area contributed by atoms with Crippen molar-refractivity contribution < 1.29 is 14.3 Å². The Kier molecular flexibility index (Phi) is 9.06. The van der Waals surface area contributed by atoms with Crippen molar-refractivity contribution in [1.82, 2.24) is 10.2 Å². The molecule has 0 aliphatic carbocycles. The van der Waals surface area contributed by atoms with Crippen molar-refractivity contribution >= 4 is 23.6 Å². The minimum atomic E-state index is -0.511. The maximum atomic E-state index is 13.1. The molecule has 0 aliphatic heterocycles. The molecular formula is C23H30N2O3S. The monoisotopic (exact) mass is 414 g/mol. The first-order chi connectivity index (χ1) is 13.9. The molecule has 2 rings (SSSR count). The van der Waals surface area contributed by atoms with Gasteiger partial charge in [-0.2, -0.15) is 0 Å². The van der Waals surface area contributed by atoms with Crippen LogP contribution in [0.4, 0.5) is 0 Å². The predicted molar refractivity (Wildman–Crippen MR) is 118 cm³/mol. The number of benzene rings is 2. The van der Waals surface area contributed by atoms with E-state index in [0.29, 0.717) is 13.0 Å². The van der Waals surface area contributed by atoms with E-state index in [-0.39, 0.29) is 23.6 Å². The third-order valence-corrected chi connectivity index (χ3v) is 5.43. The van der Waals surface area contributed by atoms with E-state index >= 15 is 0 Å². The van der Waals surface area contributed by atoms with Gasteiger partial charge in [-0.15, -0.1) is 11.8 Å². The van der Waals surface area contributed by atoms with Crippen LogP contribution < -0.4 is 10.1 Å². The van der Waals surface area contributed by atoms with Gasteiger partial charge in [0.2, 0.25) is 11.8 Å². The van der Waals surface area contributed by atoms with Gasteiger partial charge < -0.3 is 15.0 Å². The van der Waals surface area contributed by atoms with E-state index in [9.17, 15) is 9.59 Å². The Morgan fingerprint density at radius 1 is 1.07 bits per heavy atom. The first-order valence-electron chi connectivity index (χ1n) is 9.85. The molecular weight excluding hydrogens is 384 g/mol. The zero-order chi connectivity index (χ0) is 21.2. The molecule has 1 N–H and O–H groups in total. The van der Waals surface area contributed by atoms with E-state index in [1.54, 1.807) is 12.0 Å². The highest BCUT2D eigenvalue weighted by molar-refractivity contribution is 8.00. The molecule has 0 aromatic heterocycles. The van der Waals surface area contributed by atoms with Crippen LogP contribution in [0.1, 0.15) is 32.8 Å². The molecule has 5 nitrogen and oxygen atoms in total. The molecule has 2 aromatic rings. The van der Waals surface area contributed by atoms with Gasteiger partial charge in [0, 0.05) is 17.5 Å². The third-order valence-electron chi connectivity index (χ3n) is 4.43. The average Bonchev–Trinajstić information content (AvgIpc) is 2.72. The fraction of sp³-hybridized carbons (Fsp3) is 0.391. The number of amides is 2. The molecule has 29 heavy (non-hydrogen) atoms. The van der Waals surface area contributed by atoms with Crippen molar-refractivity contribution in [2.45, 2.75) is 50.7 Å². The van der Waals surface area contributed by atoms with Gasteiger partial charge in [-0.1, -0.05) is 37.3 Å². The Morgan fingerprint density at radius 2 is 1.72 bits per heavy atom. The van der Waals surface area contributed by atoms with Crippen LogP contribution in [0.3, 0.4) is 0 Å². The summed E-state index contributed by atoms with van der Waals surface area (Å²) in [6.07, 6.45) is 0.552. The van der Waals surface area contributed by atoms with Crippen LogP contribution in [0.5, 0.6) is 5.75 Å². The Morgan fingerprint density at radius 3 is 2.28 bits per heavy atom. The summed E-state index contributed by atoms with van der Waals surface area (Å²) in [4.78, 5) is 28.6. The van der Waals surface area contributed by atoms with Crippen LogP contribution in [-0.2, 0) is 16.1 Å². The number of carbonyl (C=O) groups is 2. The van der Waals surface area contributed by atoms with Crippen LogP contribution in [0.25, 0.3) is 0 Å². The Balaban J connectivity index is 2.19. The quantitative estimate of drug-likeness (QED) is 0.594. The van der Waals surface area contributed by atoms with Gasteiger partial charge in [-0.25, -0.2) is 0 Å². The summed E-state index contributed by atoms with van der Waals surface area (Å²) in [5, 5.41) is 2.95. The summed E-state index contributed by atoms with van der Waals surface area (Å²) < 4.78 is 5.21. The summed E-state index contributed by atoms with van der Waals surface area (Å²) >= 11 is 1.48. The first kappa shape index (κ1) is 22.8. The van der Waals surface area contributed by atoms with Crippen molar-refractivity contribution in [3.63, 3.8) is 0 Å². The van der Waals surface area contributed by atoms with Crippen molar-refractivity contribution in [3.05, 3.63) is 60.2 Å². The van der Waals surface area contributed by atoms with Crippen molar-refractivity contribution in [2.75, 3.05) is 12.9 Å². The summed E-state index contributed by atoms with van der Waals surface area (Å²) in [6.45, 7) is 6.16. The van der Waals surface area contributed by atoms with Gasteiger partial charge >= 0.3 is 0 Å².